The molecule has 0 amide bonds. The SMILES string of the molecule is Cc1ccnc(N2CCC(CO)C2)c1C(N)=S. The van der Waals surface area contributed by atoms with E-state index < -0.39 is 0 Å². The summed E-state index contributed by atoms with van der Waals surface area (Å²) in [4.78, 5) is 6.93. The van der Waals surface area contributed by atoms with Crippen LogP contribution < -0.4 is 10.6 Å². The molecule has 1 aliphatic heterocycles. The molecule has 1 atom stereocenters. The third-order valence-corrected chi connectivity index (χ3v) is 3.43. The van der Waals surface area contributed by atoms with E-state index in [0.29, 0.717) is 10.9 Å². The van der Waals surface area contributed by atoms with E-state index in [9.17, 15) is 0 Å². The molecule has 0 spiro atoms. The summed E-state index contributed by atoms with van der Waals surface area (Å²) in [5, 5.41) is 9.17. The van der Waals surface area contributed by atoms with Crippen molar-refractivity contribution in [1.29, 1.82) is 0 Å². The first-order valence-electron chi connectivity index (χ1n) is 5.74. The average Bonchev–Trinajstić information content (AvgIpc) is 2.76. The van der Waals surface area contributed by atoms with Crippen LogP contribution in [0, 0.1) is 12.8 Å². The van der Waals surface area contributed by atoms with Gasteiger partial charge in [-0.2, -0.15) is 0 Å². The molecule has 0 bridgehead atoms. The van der Waals surface area contributed by atoms with Gasteiger partial charge in [-0.25, -0.2) is 4.98 Å². The Hall–Kier alpha value is -1.20. The van der Waals surface area contributed by atoms with Crippen molar-refractivity contribution in [2.75, 3.05) is 24.6 Å². The largest absolute Gasteiger partial charge is 0.396 e. The maximum absolute atomic E-state index is 9.17. The third-order valence-electron chi connectivity index (χ3n) is 3.23. The van der Waals surface area contributed by atoms with Crippen molar-refractivity contribution in [3.8, 4) is 0 Å². The molecule has 92 valence electrons. The number of anilines is 1. The first-order chi connectivity index (χ1) is 8.13. The predicted octanol–water partition coefficient (Wildman–Crippen LogP) is 0.843. The van der Waals surface area contributed by atoms with Crippen LogP contribution in [-0.4, -0.2) is 34.8 Å². The minimum Gasteiger partial charge on any atom is -0.396 e. The maximum Gasteiger partial charge on any atom is 0.139 e. The van der Waals surface area contributed by atoms with Crippen LogP contribution >= 0.6 is 12.2 Å². The first kappa shape index (κ1) is 12.3. The van der Waals surface area contributed by atoms with Gasteiger partial charge in [0.15, 0.2) is 0 Å². The molecule has 1 saturated heterocycles. The fourth-order valence-electron chi connectivity index (χ4n) is 2.26. The summed E-state index contributed by atoms with van der Waals surface area (Å²) >= 11 is 5.09. The van der Waals surface area contributed by atoms with Gasteiger partial charge >= 0.3 is 0 Å². The summed E-state index contributed by atoms with van der Waals surface area (Å²) in [5.74, 6) is 1.19. The number of aliphatic hydroxyl groups is 1. The molecule has 0 saturated carbocycles. The number of pyridine rings is 1. The molecule has 0 aliphatic carbocycles. The number of hydrogen-bond acceptors (Lipinski definition) is 4. The van der Waals surface area contributed by atoms with Gasteiger partial charge in [0.1, 0.15) is 10.8 Å². The van der Waals surface area contributed by atoms with E-state index in [1.807, 2.05) is 13.0 Å². The van der Waals surface area contributed by atoms with Crippen LogP contribution in [0.1, 0.15) is 17.5 Å². The van der Waals surface area contributed by atoms with Crippen molar-refractivity contribution < 1.29 is 5.11 Å². The Kier molecular flexibility index (Phi) is 3.59. The minimum atomic E-state index is 0.227. The normalized spacial score (nSPS) is 19.6. The lowest BCUT2D eigenvalue weighted by molar-refractivity contribution is 0.238. The third kappa shape index (κ3) is 2.40. The van der Waals surface area contributed by atoms with Crippen molar-refractivity contribution >= 4 is 23.0 Å². The Bertz CT molecular complexity index is 436. The molecule has 1 fully saturated rings. The van der Waals surface area contributed by atoms with E-state index in [1.54, 1.807) is 6.20 Å². The highest BCUT2D eigenvalue weighted by atomic mass is 32.1. The molecule has 1 aliphatic rings. The highest BCUT2D eigenvalue weighted by molar-refractivity contribution is 7.80. The van der Waals surface area contributed by atoms with Gasteiger partial charge in [-0.1, -0.05) is 12.2 Å². The number of aryl methyl sites for hydroxylation is 1. The molecule has 3 N–H and O–H groups in total. The predicted molar refractivity (Wildman–Crippen MR) is 72.3 cm³/mol. The Labute approximate surface area is 106 Å². The van der Waals surface area contributed by atoms with E-state index in [-0.39, 0.29) is 6.61 Å². The fraction of sp³-hybridized carbons (Fsp3) is 0.500. The summed E-state index contributed by atoms with van der Waals surface area (Å²) in [6, 6.07) is 1.91. The number of rotatable bonds is 3. The second-order valence-corrected chi connectivity index (χ2v) is 4.91. The molecule has 0 aromatic carbocycles. The smallest absolute Gasteiger partial charge is 0.139 e. The standard InChI is InChI=1S/C12H17N3OS/c1-8-2-4-14-12(10(8)11(13)17)15-5-3-9(6-15)7-16/h2,4,9,16H,3,5-7H2,1H3,(H2,13,17). The molecule has 2 rings (SSSR count). The molecule has 2 heterocycles. The lowest BCUT2D eigenvalue weighted by Gasteiger charge is -2.21. The van der Waals surface area contributed by atoms with Crippen LogP contribution in [0.4, 0.5) is 5.82 Å². The molecular formula is C12H17N3OS. The monoisotopic (exact) mass is 251 g/mol. The summed E-state index contributed by atoms with van der Waals surface area (Å²) in [5.41, 5.74) is 7.68. The summed E-state index contributed by atoms with van der Waals surface area (Å²) in [6.07, 6.45) is 2.77. The van der Waals surface area contributed by atoms with Crippen molar-refractivity contribution in [3.05, 3.63) is 23.4 Å². The van der Waals surface area contributed by atoms with Gasteiger partial charge in [0.25, 0.3) is 0 Å². The highest BCUT2D eigenvalue weighted by Crippen LogP contribution is 2.26. The molecule has 1 unspecified atom stereocenters. The van der Waals surface area contributed by atoms with E-state index in [4.69, 9.17) is 23.1 Å². The second-order valence-electron chi connectivity index (χ2n) is 4.47. The quantitative estimate of drug-likeness (QED) is 0.780. The van der Waals surface area contributed by atoms with Crippen LogP contribution in [-0.2, 0) is 0 Å². The van der Waals surface area contributed by atoms with Gasteiger partial charge in [-0.15, -0.1) is 0 Å². The Morgan fingerprint density at radius 1 is 1.71 bits per heavy atom. The summed E-state index contributed by atoms with van der Waals surface area (Å²) < 4.78 is 0. The van der Waals surface area contributed by atoms with Gasteiger partial charge in [0.05, 0.1) is 5.56 Å². The number of aromatic nitrogens is 1. The Morgan fingerprint density at radius 3 is 3.06 bits per heavy atom. The van der Waals surface area contributed by atoms with Crippen LogP contribution in [0.15, 0.2) is 12.3 Å². The number of hydrogen-bond donors (Lipinski definition) is 2. The van der Waals surface area contributed by atoms with E-state index >= 15 is 0 Å². The number of nitrogens with zero attached hydrogens (tertiary/aromatic N) is 2. The zero-order valence-electron chi connectivity index (χ0n) is 9.89. The molecule has 1 aromatic rings. The average molecular weight is 251 g/mol. The molecular weight excluding hydrogens is 234 g/mol. The lowest BCUT2D eigenvalue weighted by atomic mass is 10.1. The molecule has 1 aromatic heterocycles. The number of thiocarbonyl (C=S) groups is 1. The van der Waals surface area contributed by atoms with Crippen molar-refractivity contribution in [2.24, 2.45) is 11.7 Å². The maximum atomic E-state index is 9.17. The topological polar surface area (TPSA) is 62.4 Å². The van der Waals surface area contributed by atoms with Gasteiger partial charge < -0.3 is 15.7 Å². The molecule has 0 radical (unpaired) electrons. The van der Waals surface area contributed by atoms with Crippen molar-refractivity contribution in [3.63, 3.8) is 0 Å². The van der Waals surface area contributed by atoms with Gasteiger partial charge in [-0.3, -0.25) is 0 Å². The zero-order valence-corrected chi connectivity index (χ0v) is 10.7. The Morgan fingerprint density at radius 2 is 2.47 bits per heavy atom. The molecule has 17 heavy (non-hydrogen) atoms. The van der Waals surface area contributed by atoms with Crippen LogP contribution in [0.3, 0.4) is 0 Å². The molecule has 5 heteroatoms. The minimum absolute atomic E-state index is 0.227. The number of nitrogens with two attached hydrogens (primary N) is 1. The lowest BCUT2D eigenvalue weighted by Crippen LogP contribution is -2.26. The van der Waals surface area contributed by atoms with Gasteiger partial charge in [0, 0.05) is 31.8 Å². The van der Waals surface area contributed by atoms with Gasteiger partial charge in [0.2, 0.25) is 0 Å². The summed E-state index contributed by atoms with van der Waals surface area (Å²) in [6.45, 7) is 3.93. The van der Waals surface area contributed by atoms with E-state index in [2.05, 4.69) is 9.88 Å². The fourth-order valence-corrected chi connectivity index (χ4v) is 2.51. The zero-order chi connectivity index (χ0) is 12.4. The first-order valence-corrected chi connectivity index (χ1v) is 6.15. The van der Waals surface area contributed by atoms with Crippen molar-refractivity contribution in [1.82, 2.24) is 4.98 Å². The highest BCUT2D eigenvalue weighted by Gasteiger charge is 2.25. The molecule has 4 nitrogen and oxygen atoms in total. The van der Waals surface area contributed by atoms with E-state index in [1.165, 1.54) is 0 Å². The second kappa shape index (κ2) is 4.98. The number of aliphatic hydroxyl groups excluding tert-OH is 1. The summed E-state index contributed by atoms with van der Waals surface area (Å²) in [7, 11) is 0. The van der Waals surface area contributed by atoms with Crippen LogP contribution in [0.25, 0.3) is 0 Å². The Balaban J connectivity index is 2.33. The van der Waals surface area contributed by atoms with Gasteiger partial charge in [-0.05, 0) is 25.0 Å². The van der Waals surface area contributed by atoms with Crippen LogP contribution in [0.2, 0.25) is 0 Å². The van der Waals surface area contributed by atoms with Crippen molar-refractivity contribution in [2.45, 2.75) is 13.3 Å². The van der Waals surface area contributed by atoms with Crippen LogP contribution in [0.5, 0.6) is 0 Å². The van der Waals surface area contributed by atoms with E-state index in [0.717, 1.165) is 36.5 Å².